The van der Waals surface area contributed by atoms with Crippen LogP contribution in [0, 0.1) is 17.8 Å². The summed E-state index contributed by atoms with van der Waals surface area (Å²) in [6.07, 6.45) is 6.43. The number of rotatable bonds is 3. The molecule has 10 heterocycles. The first kappa shape index (κ1) is 35.5. The second-order valence-electron chi connectivity index (χ2n) is 17.6. The van der Waals surface area contributed by atoms with Gasteiger partial charge in [-0.25, -0.2) is 0 Å². The number of nitrogens with two attached hydrogens (primary N) is 1. The van der Waals surface area contributed by atoms with Gasteiger partial charge in [0, 0.05) is 45.1 Å². The van der Waals surface area contributed by atoms with E-state index in [2.05, 4.69) is 27.0 Å². The highest BCUT2D eigenvalue weighted by molar-refractivity contribution is 5.79. The van der Waals surface area contributed by atoms with E-state index >= 15 is 0 Å². The summed E-state index contributed by atoms with van der Waals surface area (Å²) in [4.78, 5) is 14.0. The lowest BCUT2D eigenvalue weighted by molar-refractivity contribution is -0.292. The van der Waals surface area contributed by atoms with Gasteiger partial charge in [0.15, 0.2) is 5.79 Å². The van der Waals surface area contributed by atoms with Gasteiger partial charge in [-0.3, -0.25) is 4.79 Å². The Bertz CT molecular complexity index is 1360. The van der Waals surface area contributed by atoms with Crippen molar-refractivity contribution in [2.24, 2.45) is 23.5 Å². The summed E-state index contributed by atoms with van der Waals surface area (Å²) in [6, 6.07) is 0. The smallest absolute Gasteiger partial charge is 0.172 e. The molecule has 3 N–H and O–H groups in total. The molecule has 0 aromatic rings. The lowest BCUT2D eigenvalue weighted by Gasteiger charge is -2.47. The maximum absolute atomic E-state index is 14.0. The van der Waals surface area contributed by atoms with Gasteiger partial charge in [-0.05, 0) is 73.8 Å². The average Bonchev–Trinajstić information content (AvgIpc) is 3.77. The Morgan fingerprint density at radius 1 is 0.765 bits per heavy atom. The van der Waals surface area contributed by atoms with Gasteiger partial charge in [0.1, 0.15) is 36.3 Å². The van der Waals surface area contributed by atoms with Crippen LogP contribution < -0.4 is 5.73 Å². The summed E-state index contributed by atoms with van der Waals surface area (Å²) in [7, 11) is 0. The lowest BCUT2D eigenvalue weighted by atomic mass is 9.78. The molecular formula is C40H59NO10. The fourth-order valence-electron chi connectivity index (χ4n) is 11.3. The Balaban J connectivity index is 0.986. The van der Waals surface area contributed by atoms with E-state index in [1.165, 1.54) is 0 Å². The van der Waals surface area contributed by atoms with Crippen LogP contribution in [-0.2, 0) is 42.7 Å². The van der Waals surface area contributed by atoms with Gasteiger partial charge in [-0.2, -0.15) is 0 Å². The highest BCUT2D eigenvalue weighted by atomic mass is 16.8. The van der Waals surface area contributed by atoms with Crippen LogP contribution >= 0.6 is 0 Å². The molecule has 10 aliphatic heterocycles. The van der Waals surface area contributed by atoms with Crippen LogP contribution in [0.15, 0.2) is 24.3 Å². The van der Waals surface area contributed by atoms with Crippen molar-refractivity contribution in [1.82, 2.24) is 0 Å². The number of ketones is 1. The molecule has 19 atom stereocenters. The maximum Gasteiger partial charge on any atom is 0.172 e. The average molecular weight is 714 g/mol. The first-order valence-corrected chi connectivity index (χ1v) is 20.1. The van der Waals surface area contributed by atoms with Crippen LogP contribution in [0.2, 0.25) is 0 Å². The van der Waals surface area contributed by atoms with Crippen molar-refractivity contribution in [3.8, 4) is 0 Å². The van der Waals surface area contributed by atoms with E-state index in [1.54, 1.807) is 0 Å². The van der Waals surface area contributed by atoms with Gasteiger partial charge < -0.3 is 48.7 Å². The summed E-state index contributed by atoms with van der Waals surface area (Å²) in [6.45, 7) is 13.5. The van der Waals surface area contributed by atoms with Crippen molar-refractivity contribution in [1.29, 1.82) is 0 Å². The number of aliphatic hydroxyl groups excluding tert-OH is 1. The number of carbonyl (C=O) groups excluding carboxylic acids is 1. The second kappa shape index (κ2) is 13.8. The normalized spacial score (nSPS) is 53.2. The van der Waals surface area contributed by atoms with E-state index in [4.69, 9.17) is 43.6 Å². The molecule has 0 aliphatic carbocycles. The van der Waals surface area contributed by atoms with E-state index in [0.29, 0.717) is 44.4 Å². The first-order chi connectivity index (χ1) is 24.6. The third kappa shape index (κ3) is 6.53. The Morgan fingerprint density at radius 3 is 2.35 bits per heavy atom. The molecule has 284 valence electrons. The van der Waals surface area contributed by atoms with Crippen molar-refractivity contribution >= 4 is 5.78 Å². The zero-order chi connectivity index (χ0) is 35.2. The Hall–Kier alpha value is -1.25. The predicted molar refractivity (Wildman–Crippen MR) is 185 cm³/mol. The van der Waals surface area contributed by atoms with Crippen molar-refractivity contribution < 1.29 is 47.8 Å². The predicted octanol–water partition coefficient (Wildman–Crippen LogP) is 4.06. The summed E-state index contributed by atoms with van der Waals surface area (Å²) in [5.74, 6) is -0.222. The van der Waals surface area contributed by atoms with Gasteiger partial charge in [-0.15, -0.1) is 0 Å². The van der Waals surface area contributed by atoms with Crippen LogP contribution in [0.3, 0.4) is 0 Å². The molecule has 10 aliphatic rings. The molecule has 5 unspecified atom stereocenters. The van der Waals surface area contributed by atoms with Crippen LogP contribution in [0.1, 0.15) is 97.3 Å². The maximum atomic E-state index is 14.0. The number of hydrogen-bond donors (Lipinski definition) is 2. The van der Waals surface area contributed by atoms with Crippen molar-refractivity contribution in [2.45, 2.75) is 195 Å². The number of fused-ring (bicyclic) bond motifs is 6. The molecule has 10 rings (SSSR count). The number of ether oxygens (including phenoxy) is 8. The molecule has 11 nitrogen and oxygen atoms in total. The minimum atomic E-state index is -0.765. The standard InChI is InChI=1S/C40H59NO10/c1-19-11-25-5-7-29-20(2)12-27(44-29)9-10-40-17-34-36(50-40)37-38(49-34)39(51-40)35-30(48-37)8-6-26(46-35)13-23(42)14-28-22(4)31(15-24(43)18-41)47-33(28)16-32(45-25)21(19)3/h19,22,24-39,43H,2-3,5-18,41H2,1,4H3/t19-,22-,24+,25?,26?,27+,28-,29+,30?,31-,32-,33+,34+,35?,36?,37+,38-,39+,40+/m1/s1. The van der Waals surface area contributed by atoms with Gasteiger partial charge >= 0.3 is 0 Å². The minimum absolute atomic E-state index is 0.00127. The molecule has 0 saturated carbocycles. The Morgan fingerprint density at radius 2 is 1.51 bits per heavy atom. The molecule has 12 bridgehead atoms. The molecule has 10 fully saturated rings. The fourth-order valence-corrected chi connectivity index (χ4v) is 11.3. The van der Waals surface area contributed by atoms with E-state index < -0.39 is 11.9 Å². The summed E-state index contributed by atoms with van der Waals surface area (Å²) in [5, 5.41) is 10.5. The number of aliphatic hydroxyl groups is 1. The van der Waals surface area contributed by atoms with E-state index in [1.807, 2.05) is 0 Å². The quantitative estimate of drug-likeness (QED) is 0.410. The van der Waals surface area contributed by atoms with E-state index in [0.717, 1.165) is 56.1 Å². The number of carbonyl (C=O) groups is 1. The van der Waals surface area contributed by atoms with Crippen molar-refractivity contribution in [3.05, 3.63) is 24.3 Å². The minimum Gasteiger partial charge on any atom is -0.392 e. The van der Waals surface area contributed by atoms with Gasteiger partial charge in [0.25, 0.3) is 0 Å². The lowest BCUT2D eigenvalue weighted by Crippen LogP contribution is -2.61. The van der Waals surface area contributed by atoms with Crippen LogP contribution in [-0.4, -0.2) is 115 Å². The molecule has 0 radical (unpaired) electrons. The summed E-state index contributed by atoms with van der Waals surface area (Å²) < 4.78 is 54.0. The Labute approximate surface area is 302 Å². The third-order valence-electron chi connectivity index (χ3n) is 14.2. The molecule has 0 aromatic carbocycles. The van der Waals surface area contributed by atoms with Crippen LogP contribution in [0.4, 0.5) is 0 Å². The van der Waals surface area contributed by atoms with Gasteiger partial charge in [0.05, 0.1) is 61.0 Å². The molecule has 0 aromatic heterocycles. The zero-order valence-electron chi connectivity index (χ0n) is 30.4. The highest BCUT2D eigenvalue weighted by Gasteiger charge is 2.68. The van der Waals surface area contributed by atoms with E-state index in [9.17, 15) is 9.90 Å². The summed E-state index contributed by atoms with van der Waals surface area (Å²) >= 11 is 0. The SMILES string of the molecule is C=C1C[C@@H]2CC[C@@]34C[C@@H]5O[C@H]6[C@@H](O3)C3OC(CCC3O[C@H]6C5O4)CC(=O)C[C@@H]3[C@@H](C)[C@@H](C[C@H](O)CN)O[C@H]3C[C@H]3OC(CC[C@@H]1O2)C[C@@H](C)C3=C. The fraction of sp³-hybridized carbons (Fsp3) is 0.875. The largest absolute Gasteiger partial charge is 0.392 e. The molecule has 0 amide bonds. The van der Waals surface area contributed by atoms with Gasteiger partial charge in [0.2, 0.25) is 0 Å². The Kier molecular flexibility index (Phi) is 9.59. The van der Waals surface area contributed by atoms with Crippen molar-refractivity contribution in [3.63, 3.8) is 0 Å². The monoisotopic (exact) mass is 713 g/mol. The molecule has 10 saturated heterocycles. The van der Waals surface area contributed by atoms with Crippen LogP contribution in [0.25, 0.3) is 0 Å². The molecule has 51 heavy (non-hydrogen) atoms. The second-order valence-corrected chi connectivity index (χ2v) is 17.6. The number of hydrogen-bond acceptors (Lipinski definition) is 11. The molecular weight excluding hydrogens is 654 g/mol. The van der Waals surface area contributed by atoms with Crippen molar-refractivity contribution in [2.75, 3.05) is 6.54 Å². The summed E-state index contributed by atoms with van der Waals surface area (Å²) in [5.41, 5.74) is 8.06. The molecule has 1 spiro atoms. The third-order valence-corrected chi connectivity index (χ3v) is 14.2. The zero-order valence-corrected chi connectivity index (χ0v) is 30.4. The number of Topliss-reactive ketones (excluding diaryl/α,β-unsaturated/α-hetero) is 1. The van der Waals surface area contributed by atoms with E-state index in [-0.39, 0.29) is 110 Å². The first-order valence-electron chi connectivity index (χ1n) is 20.1. The van der Waals surface area contributed by atoms with Crippen LogP contribution in [0.5, 0.6) is 0 Å². The highest BCUT2D eigenvalue weighted by Crippen LogP contribution is 2.54. The topological polar surface area (TPSA) is 137 Å². The molecule has 11 heteroatoms. The van der Waals surface area contributed by atoms with Gasteiger partial charge in [-0.1, -0.05) is 27.0 Å².